The number of methoxy groups -OCH3 is 1. The predicted molar refractivity (Wildman–Crippen MR) is 85.4 cm³/mol. The van der Waals surface area contributed by atoms with Crippen LogP contribution in [-0.4, -0.2) is 45.2 Å². The normalized spacial score (nSPS) is 24.0. The van der Waals surface area contributed by atoms with Gasteiger partial charge in [-0.15, -0.1) is 0 Å². The molecule has 2 aliphatic heterocycles. The smallest absolute Gasteiger partial charge is 0.227 e. The highest BCUT2D eigenvalue weighted by Crippen LogP contribution is 2.27. The molecule has 0 bridgehead atoms. The molecule has 0 saturated carbocycles. The lowest BCUT2D eigenvalue weighted by Gasteiger charge is -2.17. The summed E-state index contributed by atoms with van der Waals surface area (Å²) in [4.78, 5) is 26.1. The van der Waals surface area contributed by atoms with Crippen molar-refractivity contribution in [2.75, 3.05) is 38.3 Å². The van der Waals surface area contributed by atoms with Crippen molar-refractivity contribution in [1.29, 1.82) is 0 Å². The van der Waals surface area contributed by atoms with E-state index in [0.717, 1.165) is 24.5 Å². The minimum absolute atomic E-state index is 0.0143. The number of anilines is 1. The zero-order valence-corrected chi connectivity index (χ0v) is 13.3. The van der Waals surface area contributed by atoms with Gasteiger partial charge in [-0.05, 0) is 30.7 Å². The summed E-state index contributed by atoms with van der Waals surface area (Å²) in [5, 5.41) is 2.96. The van der Waals surface area contributed by atoms with Crippen LogP contribution >= 0.6 is 0 Å². The Kier molecular flexibility index (Phi) is 4.81. The Morgan fingerprint density at radius 3 is 2.83 bits per heavy atom. The van der Waals surface area contributed by atoms with Gasteiger partial charge in [-0.25, -0.2) is 0 Å². The van der Waals surface area contributed by atoms with Gasteiger partial charge in [0.2, 0.25) is 11.8 Å². The van der Waals surface area contributed by atoms with Crippen molar-refractivity contribution in [3.63, 3.8) is 0 Å². The maximum absolute atomic E-state index is 12.3. The van der Waals surface area contributed by atoms with Crippen LogP contribution < -0.4 is 15.0 Å². The second-order valence-corrected chi connectivity index (χ2v) is 6.08. The zero-order valence-electron chi connectivity index (χ0n) is 13.3. The highest BCUT2D eigenvalue weighted by atomic mass is 16.5. The number of rotatable bonds is 5. The van der Waals surface area contributed by atoms with Crippen LogP contribution in [0.1, 0.15) is 12.8 Å². The first-order valence-electron chi connectivity index (χ1n) is 7.97. The monoisotopic (exact) mass is 318 g/mol. The van der Waals surface area contributed by atoms with Crippen LogP contribution in [0, 0.1) is 11.8 Å². The molecular weight excluding hydrogens is 296 g/mol. The number of amides is 2. The summed E-state index contributed by atoms with van der Waals surface area (Å²) in [6.45, 7) is 2.54. The molecule has 0 aliphatic carbocycles. The Labute approximate surface area is 135 Å². The minimum Gasteiger partial charge on any atom is -0.497 e. The largest absolute Gasteiger partial charge is 0.497 e. The van der Waals surface area contributed by atoms with Gasteiger partial charge in [-0.2, -0.15) is 0 Å². The first-order valence-corrected chi connectivity index (χ1v) is 7.97. The third kappa shape index (κ3) is 3.64. The summed E-state index contributed by atoms with van der Waals surface area (Å²) in [6, 6.07) is 7.31. The van der Waals surface area contributed by atoms with Gasteiger partial charge in [0.15, 0.2) is 0 Å². The molecule has 0 radical (unpaired) electrons. The number of nitrogens with one attached hydrogen (secondary N) is 1. The maximum Gasteiger partial charge on any atom is 0.227 e. The number of carbonyl (C=O) groups is 2. The molecule has 124 valence electrons. The molecule has 2 atom stereocenters. The van der Waals surface area contributed by atoms with Crippen molar-refractivity contribution in [1.82, 2.24) is 5.32 Å². The third-order valence-corrected chi connectivity index (χ3v) is 4.47. The lowest BCUT2D eigenvalue weighted by molar-refractivity contribution is -0.126. The van der Waals surface area contributed by atoms with E-state index < -0.39 is 0 Å². The molecule has 2 saturated heterocycles. The molecule has 6 heteroatoms. The first kappa shape index (κ1) is 15.8. The highest BCUT2D eigenvalue weighted by Gasteiger charge is 2.35. The van der Waals surface area contributed by atoms with Gasteiger partial charge in [-0.1, -0.05) is 0 Å². The summed E-state index contributed by atoms with van der Waals surface area (Å²) >= 11 is 0. The van der Waals surface area contributed by atoms with E-state index in [1.807, 2.05) is 24.3 Å². The summed E-state index contributed by atoms with van der Waals surface area (Å²) in [5.74, 6) is 0.801. The van der Waals surface area contributed by atoms with Gasteiger partial charge in [0.1, 0.15) is 5.75 Å². The van der Waals surface area contributed by atoms with Crippen LogP contribution in [-0.2, 0) is 14.3 Å². The fraction of sp³-hybridized carbons (Fsp3) is 0.529. The second kappa shape index (κ2) is 7.00. The summed E-state index contributed by atoms with van der Waals surface area (Å²) in [6.07, 6.45) is 1.25. The molecule has 3 rings (SSSR count). The van der Waals surface area contributed by atoms with E-state index in [1.54, 1.807) is 12.0 Å². The Morgan fingerprint density at radius 2 is 2.17 bits per heavy atom. The molecule has 23 heavy (non-hydrogen) atoms. The lowest BCUT2D eigenvalue weighted by Crippen LogP contribution is -2.36. The molecule has 0 unspecified atom stereocenters. The number of nitrogens with zero attached hydrogens (tertiary/aromatic N) is 1. The molecule has 2 amide bonds. The van der Waals surface area contributed by atoms with Crippen LogP contribution in [0.15, 0.2) is 24.3 Å². The molecule has 2 aliphatic rings. The third-order valence-electron chi connectivity index (χ3n) is 4.47. The van der Waals surface area contributed by atoms with Crippen molar-refractivity contribution in [2.24, 2.45) is 11.8 Å². The molecular formula is C17H22N2O4. The van der Waals surface area contributed by atoms with Crippen molar-refractivity contribution < 1.29 is 19.1 Å². The molecule has 0 spiro atoms. The van der Waals surface area contributed by atoms with Gasteiger partial charge >= 0.3 is 0 Å². The Hall–Kier alpha value is -2.08. The van der Waals surface area contributed by atoms with Crippen molar-refractivity contribution in [3.8, 4) is 5.75 Å². The number of hydrogen-bond acceptors (Lipinski definition) is 4. The average molecular weight is 318 g/mol. The van der Waals surface area contributed by atoms with Gasteiger partial charge in [0.05, 0.1) is 19.6 Å². The van der Waals surface area contributed by atoms with E-state index in [4.69, 9.17) is 9.47 Å². The second-order valence-electron chi connectivity index (χ2n) is 6.08. The quantitative estimate of drug-likeness (QED) is 0.886. The van der Waals surface area contributed by atoms with Crippen molar-refractivity contribution in [3.05, 3.63) is 24.3 Å². The molecule has 1 N–H and O–H groups in total. The predicted octanol–water partition coefficient (Wildman–Crippen LogP) is 1.20. The van der Waals surface area contributed by atoms with Crippen LogP contribution in [0.2, 0.25) is 0 Å². The zero-order chi connectivity index (χ0) is 16.2. The lowest BCUT2D eigenvalue weighted by atomic mass is 10.1. The van der Waals surface area contributed by atoms with E-state index in [-0.39, 0.29) is 24.2 Å². The summed E-state index contributed by atoms with van der Waals surface area (Å²) in [5.41, 5.74) is 0.801. The standard InChI is InChI=1S/C17H22N2O4/c1-22-15-4-2-14(3-5-15)19-10-13(8-16(19)20)17(21)18-9-12-6-7-23-11-12/h2-5,12-13H,6-11H2,1H3,(H,18,21)/t12-,13-/m1/s1. The fourth-order valence-electron chi connectivity index (χ4n) is 3.03. The van der Waals surface area contributed by atoms with E-state index >= 15 is 0 Å². The molecule has 6 nitrogen and oxygen atoms in total. The molecule has 1 aromatic carbocycles. The SMILES string of the molecule is COc1ccc(N2C[C@H](C(=O)NC[C@H]3CCOC3)CC2=O)cc1. The van der Waals surface area contributed by atoms with Crippen LogP contribution in [0.3, 0.4) is 0 Å². The first-order chi connectivity index (χ1) is 11.2. The fourth-order valence-corrected chi connectivity index (χ4v) is 3.03. The number of benzene rings is 1. The van der Waals surface area contributed by atoms with Gasteiger partial charge in [-0.3, -0.25) is 9.59 Å². The number of carbonyl (C=O) groups excluding carboxylic acids is 2. The summed E-state index contributed by atoms with van der Waals surface area (Å²) < 4.78 is 10.4. The molecule has 0 aromatic heterocycles. The Morgan fingerprint density at radius 1 is 1.39 bits per heavy atom. The van der Waals surface area contributed by atoms with E-state index in [2.05, 4.69) is 5.32 Å². The number of ether oxygens (including phenoxy) is 2. The van der Waals surface area contributed by atoms with Gasteiger partial charge < -0.3 is 19.7 Å². The van der Waals surface area contributed by atoms with E-state index in [1.165, 1.54) is 0 Å². The van der Waals surface area contributed by atoms with E-state index in [0.29, 0.717) is 25.6 Å². The molecule has 1 aromatic rings. The van der Waals surface area contributed by atoms with Crippen LogP contribution in [0.25, 0.3) is 0 Å². The van der Waals surface area contributed by atoms with Gasteiger partial charge in [0.25, 0.3) is 0 Å². The summed E-state index contributed by atoms with van der Waals surface area (Å²) in [7, 11) is 1.60. The molecule has 2 heterocycles. The van der Waals surface area contributed by atoms with Crippen molar-refractivity contribution in [2.45, 2.75) is 12.8 Å². The highest BCUT2D eigenvalue weighted by molar-refractivity contribution is 6.00. The Bertz CT molecular complexity index is 566. The topological polar surface area (TPSA) is 67.9 Å². The van der Waals surface area contributed by atoms with Crippen LogP contribution in [0.5, 0.6) is 5.75 Å². The van der Waals surface area contributed by atoms with Crippen LogP contribution in [0.4, 0.5) is 5.69 Å². The maximum atomic E-state index is 12.3. The van der Waals surface area contributed by atoms with Gasteiger partial charge in [0, 0.05) is 37.7 Å². The van der Waals surface area contributed by atoms with E-state index in [9.17, 15) is 9.59 Å². The minimum atomic E-state index is -0.285. The number of hydrogen-bond donors (Lipinski definition) is 1. The Balaban J connectivity index is 1.56. The van der Waals surface area contributed by atoms with Crippen molar-refractivity contribution >= 4 is 17.5 Å². The molecule has 2 fully saturated rings. The average Bonchev–Trinajstić information content (AvgIpc) is 3.22.